The number of aromatic nitrogens is 2. The Labute approximate surface area is 165 Å². The molecular formula is C19H23ClF4N4. The Morgan fingerprint density at radius 3 is 2.29 bits per heavy atom. The first kappa shape index (κ1) is 19.9. The van der Waals surface area contributed by atoms with Gasteiger partial charge >= 0.3 is 0 Å². The van der Waals surface area contributed by atoms with E-state index >= 15 is 0 Å². The summed E-state index contributed by atoms with van der Waals surface area (Å²) in [6.07, 6.45) is -0.889. The fourth-order valence-corrected chi connectivity index (χ4v) is 4.29. The molecule has 0 amide bonds. The second-order valence-electron chi connectivity index (χ2n) is 8.00. The van der Waals surface area contributed by atoms with Crippen molar-refractivity contribution in [3.8, 4) is 0 Å². The van der Waals surface area contributed by atoms with Crippen molar-refractivity contribution in [3.05, 3.63) is 28.8 Å². The Hall–Kier alpha value is -1.38. The third-order valence-electron chi connectivity index (χ3n) is 5.82. The maximum Gasteiger partial charge on any atom is 0.248 e. The Bertz CT molecular complexity index is 799. The van der Waals surface area contributed by atoms with Crippen molar-refractivity contribution in [2.75, 3.05) is 32.7 Å². The fourth-order valence-electron chi connectivity index (χ4n) is 4.09. The second kappa shape index (κ2) is 7.46. The highest BCUT2D eigenvalue weighted by molar-refractivity contribution is 6.34. The molecule has 1 saturated carbocycles. The maximum atomic E-state index is 14.9. The molecular weight excluding hydrogens is 396 g/mol. The summed E-state index contributed by atoms with van der Waals surface area (Å²) in [6, 6.07) is 2.79. The van der Waals surface area contributed by atoms with Crippen LogP contribution in [0.1, 0.15) is 31.5 Å². The van der Waals surface area contributed by atoms with Crippen molar-refractivity contribution in [1.82, 2.24) is 19.8 Å². The zero-order valence-electron chi connectivity index (χ0n) is 15.5. The van der Waals surface area contributed by atoms with Crippen LogP contribution in [-0.4, -0.2) is 64.1 Å². The van der Waals surface area contributed by atoms with Crippen LogP contribution in [0.2, 0.25) is 5.02 Å². The first-order valence-electron chi connectivity index (χ1n) is 9.57. The molecule has 4 nitrogen and oxygen atoms in total. The number of benzene rings is 1. The van der Waals surface area contributed by atoms with Crippen LogP contribution < -0.4 is 0 Å². The highest BCUT2D eigenvalue weighted by atomic mass is 35.5. The van der Waals surface area contributed by atoms with Gasteiger partial charge in [0.25, 0.3) is 0 Å². The highest BCUT2D eigenvalue weighted by Gasteiger charge is 2.44. The van der Waals surface area contributed by atoms with Crippen molar-refractivity contribution < 1.29 is 17.6 Å². The normalized spacial score (nSPS) is 23.3. The molecule has 0 radical (unpaired) electrons. The first-order chi connectivity index (χ1) is 13.2. The number of piperazine rings is 1. The Morgan fingerprint density at radius 2 is 1.64 bits per heavy atom. The average Bonchev–Trinajstić information content (AvgIpc) is 3.08. The monoisotopic (exact) mass is 418 g/mol. The Kier molecular flexibility index (Phi) is 5.31. The van der Waals surface area contributed by atoms with Crippen molar-refractivity contribution in [2.24, 2.45) is 0 Å². The van der Waals surface area contributed by atoms with Crippen LogP contribution in [0.25, 0.3) is 11.0 Å². The van der Waals surface area contributed by atoms with Crippen LogP contribution in [0.3, 0.4) is 0 Å². The number of aromatic amines is 1. The van der Waals surface area contributed by atoms with E-state index in [9.17, 15) is 17.6 Å². The molecule has 1 aromatic heterocycles. The van der Waals surface area contributed by atoms with E-state index in [0.717, 1.165) is 0 Å². The Morgan fingerprint density at radius 1 is 1.00 bits per heavy atom. The van der Waals surface area contributed by atoms with Crippen LogP contribution in [-0.2, 0) is 6.54 Å². The minimum absolute atomic E-state index is 0.0779. The first-order valence-corrected chi connectivity index (χ1v) is 9.95. The average molecular weight is 419 g/mol. The van der Waals surface area contributed by atoms with Gasteiger partial charge in [0.05, 0.1) is 11.6 Å². The fraction of sp³-hybridized carbons (Fsp3) is 0.632. The molecule has 1 saturated heterocycles. The highest BCUT2D eigenvalue weighted by Crippen LogP contribution is 2.41. The lowest BCUT2D eigenvalue weighted by Crippen LogP contribution is -2.51. The lowest BCUT2D eigenvalue weighted by Gasteiger charge is -2.40. The zero-order chi connectivity index (χ0) is 19.9. The van der Waals surface area contributed by atoms with E-state index in [1.54, 1.807) is 0 Å². The molecule has 0 spiro atoms. The van der Waals surface area contributed by atoms with Gasteiger partial charge in [-0.1, -0.05) is 11.6 Å². The van der Waals surface area contributed by atoms with Gasteiger partial charge in [0.2, 0.25) is 5.92 Å². The molecule has 1 N–H and O–H groups in total. The SMILES string of the molecule is Fc1ccc(Cl)c2nc(CN3CCN(CC4(F)CCC(F)(F)CC4)CC3)[nH]c12. The number of alkyl halides is 3. The van der Waals surface area contributed by atoms with E-state index in [2.05, 4.69) is 14.9 Å². The molecule has 2 aromatic rings. The molecule has 0 bridgehead atoms. The number of halogens is 5. The summed E-state index contributed by atoms with van der Waals surface area (Å²) in [4.78, 5) is 11.5. The molecule has 1 aromatic carbocycles. The topological polar surface area (TPSA) is 35.2 Å². The zero-order valence-corrected chi connectivity index (χ0v) is 16.2. The number of rotatable bonds is 4. The number of hydrogen-bond acceptors (Lipinski definition) is 3. The standard InChI is InChI=1S/C19H23ClF4N4/c20-13-1-2-14(21)17-16(13)25-15(26-17)11-27-7-9-28(10-8-27)12-18(22)3-5-19(23,24)6-4-18/h1-2H,3-12H2,(H,25,26). The van der Waals surface area contributed by atoms with E-state index in [0.29, 0.717) is 54.6 Å². The predicted molar refractivity (Wildman–Crippen MR) is 100 cm³/mol. The van der Waals surface area contributed by atoms with Gasteiger partial charge in [-0.15, -0.1) is 0 Å². The number of imidazole rings is 1. The summed E-state index contributed by atoms with van der Waals surface area (Å²) >= 11 is 6.08. The number of hydrogen-bond donors (Lipinski definition) is 1. The van der Waals surface area contributed by atoms with Gasteiger partial charge in [0.1, 0.15) is 28.3 Å². The van der Waals surface area contributed by atoms with E-state index in [4.69, 9.17) is 11.6 Å². The van der Waals surface area contributed by atoms with Gasteiger partial charge in [-0.25, -0.2) is 22.5 Å². The third-order valence-corrected chi connectivity index (χ3v) is 6.12. The van der Waals surface area contributed by atoms with E-state index in [1.165, 1.54) is 12.1 Å². The van der Waals surface area contributed by atoms with Crippen molar-refractivity contribution in [2.45, 2.75) is 43.8 Å². The van der Waals surface area contributed by atoms with E-state index in [-0.39, 0.29) is 32.2 Å². The molecule has 1 aliphatic heterocycles. The molecule has 9 heteroatoms. The van der Waals surface area contributed by atoms with Crippen LogP contribution in [0.5, 0.6) is 0 Å². The van der Waals surface area contributed by atoms with Crippen molar-refractivity contribution in [1.29, 1.82) is 0 Å². The lowest BCUT2D eigenvalue weighted by atomic mass is 9.83. The van der Waals surface area contributed by atoms with Gasteiger partial charge < -0.3 is 4.98 Å². The third kappa shape index (κ3) is 4.28. The van der Waals surface area contributed by atoms with Crippen LogP contribution >= 0.6 is 11.6 Å². The molecule has 0 atom stereocenters. The van der Waals surface area contributed by atoms with Gasteiger partial charge in [-0.3, -0.25) is 9.80 Å². The molecule has 28 heavy (non-hydrogen) atoms. The van der Waals surface area contributed by atoms with Crippen molar-refractivity contribution in [3.63, 3.8) is 0 Å². The number of H-pyrrole nitrogens is 1. The summed E-state index contributed by atoms with van der Waals surface area (Å²) in [6.45, 7) is 3.47. The molecule has 1 aliphatic carbocycles. The van der Waals surface area contributed by atoms with Crippen LogP contribution in [0.4, 0.5) is 17.6 Å². The molecule has 4 rings (SSSR count). The second-order valence-corrected chi connectivity index (χ2v) is 8.40. The molecule has 2 aliphatic rings. The molecule has 2 heterocycles. The summed E-state index contributed by atoms with van der Waals surface area (Å²) in [7, 11) is 0. The van der Waals surface area contributed by atoms with Crippen molar-refractivity contribution >= 4 is 22.6 Å². The summed E-state index contributed by atoms with van der Waals surface area (Å²) in [5.41, 5.74) is -0.796. The quantitative estimate of drug-likeness (QED) is 0.748. The summed E-state index contributed by atoms with van der Waals surface area (Å²) < 4.78 is 55.3. The maximum absolute atomic E-state index is 14.9. The van der Waals surface area contributed by atoms with Crippen LogP contribution in [0.15, 0.2) is 12.1 Å². The molecule has 154 valence electrons. The number of fused-ring (bicyclic) bond motifs is 1. The summed E-state index contributed by atoms with van der Waals surface area (Å²) in [5.74, 6) is -2.48. The van der Waals surface area contributed by atoms with E-state index in [1.807, 2.05) is 4.90 Å². The van der Waals surface area contributed by atoms with Crippen LogP contribution in [0, 0.1) is 5.82 Å². The summed E-state index contributed by atoms with van der Waals surface area (Å²) in [5, 5.41) is 0.398. The van der Waals surface area contributed by atoms with Gasteiger partial charge in [-0.2, -0.15) is 0 Å². The Balaban J connectivity index is 1.31. The lowest BCUT2D eigenvalue weighted by molar-refractivity contribution is -0.0845. The van der Waals surface area contributed by atoms with Gasteiger partial charge in [-0.05, 0) is 25.0 Å². The smallest absolute Gasteiger partial charge is 0.248 e. The molecule has 0 unspecified atom stereocenters. The predicted octanol–water partition coefficient (Wildman–Crippen LogP) is 4.39. The number of nitrogens with one attached hydrogen (secondary N) is 1. The minimum atomic E-state index is -2.72. The van der Waals surface area contributed by atoms with E-state index < -0.39 is 17.4 Å². The van der Waals surface area contributed by atoms with Gasteiger partial charge in [0, 0.05) is 45.6 Å². The molecule has 2 fully saturated rings. The number of nitrogens with zero attached hydrogens (tertiary/aromatic N) is 3. The van der Waals surface area contributed by atoms with Gasteiger partial charge in [0.15, 0.2) is 0 Å². The largest absolute Gasteiger partial charge is 0.338 e. The minimum Gasteiger partial charge on any atom is -0.338 e.